The van der Waals surface area contributed by atoms with Crippen LogP contribution in [0.25, 0.3) is 0 Å². The number of nitrogens with zero attached hydrogens (tertiary/aromatic N) is 3. The van der Waals surface area contributed by atoms with Gasteiger partial charge in [0.05, 0.1) is 13.2 Å². The number of ether oxygens (including phenoxy) is 1. The molecular weight excluding hydrogens is 394 g/mol. The van der Waals surface area contributed by atoms with E-state index >= 15 is 0 Å². The molecule has 4 rings (SSSR count). The largest absolute Gasteiger partial charge is 0.378 e. The van der Waals surface area contributed by atoms with Gasteiger partial charge in [-0.05, 0) is 43.7 Å². The van der Waals surface area contributed by atoms with Crippen LogP contribution in [0.1, 0.15) is 45.7 Å². The number of benzene rings is 2. The third-order valence-corrected chi connectivity index (χ3v) is 5.41. The summed E-state index contributed by atoms with van der Waals surface area (Å²) in [5.41, 5.74) is 2.59. The fourth-order valence-electron chi connectivity index (χ4n) is 3.11. The molecule has 2 amide bonds. The molecule has 1 atom stereocenters. The van der Waals surface area contributed by atoms with Crippen molar-refractivity contribution in [2.75, 3.05) is 26.3 Å². The van der Waals surface area contributed by atoms with Gasteiger partial charge in [-0.15, -0.1) is 0 Å². The maximum atomic E-state index is 12.2. The van der Waals surface area contributed by atoms with Crippen molar-refractivity contribution in [1.82, 2.24) is 10.6 Å². The molecule has 0 bridgehead atoms. The smallest absolute Gasteiger partial charge is 0.251 e. The summed E-state index contributed by atoms with van der Waals surface area (Å²) in [6, 6.07) is 14.7. The van der Waals surface area contributed by atoms with Crippen molar-refractivity contribution in [1.29, 1.82) is 0 Å². The molecule has 2 heterocycles. The number of carbonyl (C=O) groups is 2. The van der Waals surface area contributed by atoms with Gasteiger partial charge in [0.25, 0.3) is 11.8 Å². The Morgan fingerprint density at radius 2 is 1.26 bits per heavy atom. The third kappa shape index (κ3) is 5.03. The summed E-state index contributed by atoms with van der Waals surface area (Å²) in [5.74, 6) is -0.304. The second-order valence-corrected chi connectivity index (χ2v) is 7.91. The van der Waals surface area contributed by atoms with Gasteiger partial charge in [0.2, 0.25) is 5.66 Å². The predicted molar refractivity (Wildman–Crippen MR) is 116 cm³/mol. The Hall–Kier alpha value is -3.39. The van der Waals surface area contributed by atoms with Gasteiger partial charge in [0.1, 0.15) is 5.54 Å². The van der Waals surface area contributed by atoms with Gasteiger partial charge < -0.3 is 15.4 Å². The number of rotatable bonds is 10. The summed E-state index contributed by atoms with van der Waals surface area (Å²) in [7, 11) is 0. The van der Waals surface area contributed by atoms with E-state index < -0.39 is 5.66 Å². The topological polar surface area (TPSA) is 105 Å². The van der Waals surface area contributed by atoms with Crippen molar-refractivity contribution in [3.8, 4) is 0 Å². The van der Waals surface area contributed by atoms with Crippen LogP contribution in [0.4, 0.5) is 0 Å². The van der Waals surface area contributed by atoms with E-state index in [1.807, 2.05) is 44.3 Å². The summed E-state index contributed by atoms with van der Waals surface area (Å²) in [6.45, 7) is 5.46. The lowest BCUT2D eigenvalue weighted by atomic mass is 9.99. The molecule has 0 spiro atoms. The molecule has 160 valence electrons. The Labute approximate surface area is 180 Å². The highest BCUT2D eigenvalue weighted by molar-refractivity contribution is 5.95. The fraction of sp³-hybridized carbons (Fsp3) is 0.348. The van der Waals surface area contributed by atoms with E-state index in [0.717, 1.165) is 11.1 Å². The molecule has 1 unspecified atom stereocenters. The average molecular weight is 419 g/mol. The number of hydrogen-bond donors (Lipinski definition) is 2. The molecule has 8 heteroatoms. The van der Waals surface area contributed by atoms with Crippen molar-refractivity contribution in [2.45, 2.75) is 25.0 Å². The van der Waals surface area contributed by atoms with Crippen LogP contribution < -0.4 is 10.6 Å². The van der Waals surface area contributed by atoms with Gasteiger partial charge in [0.15, 0.2) is 0 Å². The monoisotopic (exact) mass is 419 g/mol. The zero-order valence-corrected chi connectivity index (χ0v) is 17.6. The van der Waals surface area contributed by atoms with Gasteiger partial charge >= 0.3 is 0 Å². The van der Waals surface area contributed by atoms with E-state index in [1.165, 1.54) is 0 Å². The molecule has 0 aromatic heterocycles. The molecule has 2 aliphatic rings. The van der Waals surface area contributed by atoms with Crippen molar-refractivity contribution in [3.63, 3.8) is 0 Å². The van der Waals surface area contributed by atoms with Crippen molar-refractivity contribution < 1.29 is 14.3 Å². The average Bonchev–Trinajstić information content (AvgIpc) is 3.72. The van der Waals surface area contributed by atoms with Crippen LogP contribution in [0, 0.1) is 0 Å². The van der Waals surface area contributed by atoms with Crippen LogP contribution in [0.15, 0.2) is 63.8 Å². The molecule has 8 nitrogen and oxygen atoms in total. The molecule has 2 aliphatic heterocycles. The molecule has 2 aromatic rings. The van der Waals surface area contributed by atoms with Gasteiger partial charge in [-0.25, -0.2) is 0 Å². The zero-order valence-electron chi connectivity index (χ0n) is 17.6. The first-order valence-corrected chi connectivity index (χ1v) is 10.3. The van der Waals surface area contributed by atoms with E-state index in [2.05, 4.69) is 25.9 Å². The third-order valence-electron chi connectivity index (χ3n) is 5.41. The summed E-state index contributed by atoms with van der Waals surface area (Å²) >= 11 is 0. The van der Waals surface area contributed by atoms with Gasteiger partial charge in [-0.3, -0.25) is 14.6 Å². The Kier molecular flexibility index (Phi) is 5.65. The van der Waals surface area contributed by atoms with Gasteiger partial charge in [0, 0.05) is 36.0 Å². The van der Waals surface area contributed by atoms with Crippen LogP contribution >= 0.6 is 0 Å². The first-order chi connectivity index (χ1) is 14.9. The molecule has 0 aliphatic carbocycles. The first-order valence-electron chi connectivity index (χ1n) is 10.3. The Morgan fingerprint density at radius 3 is 1.68 bits per heavy atom. The lowest BCUT2D eigenvalue weighted by molar-refractivity contribution is 0.0892. The molecular formula is C23H25N5O3. The summed E-state index contributed by atoms with van der Waals surface area (Å²) in [5, 5.41) is 13.6. The fourth-order valence-corrected chi connectivity index (χ4v) is 3.11. The minimum absolute atomic E-state index is 0.144. The molecule has 31 heavy (non-hydrogen) atoms. The number of nitrogens with one attached hydrogen (secondary N) is 2. The Balaban J connectivity index is 1.09. The van der Waals surface area contributed by atoms with Gasteiger partial charge in [-0.1, -0.05) is 24.3 Å². The second-order valence-electron chi connectivity index (χ2n) is 7.91. The minimum Gasteiger partial charge on any atom is -0.378 e. The molecule has 2 aromatic carbocycles. The highest BCUT2D eigenvalue weighted by atomic mass is 16.5. The highest BCUT2D eigenvalue weighted by Gasteiger charge is 2.36. The van der Waals surface area contributed by atoms with E-state index in [4.69, 9.17) is 4.74 Å². The number of carbonyl (C=O) groups excluding carboxylic acids is 2. The van der Waals surface area contributed by atoms with Crippen molar-refractivity contribution in [2.24, 2.45) is 15.2 Å². The lowest BCUT2D eigenvalue weighted by Crippen LogP contribution is -2.30. The maximum absolute atomic E-state index is 12.2. The molecule has 0 fully saturated rings. The summed E-state index contributed by atoms with van der Waals surface area (Å²) < 4.78 is 5.48. The SMILES string of the molecule is CC1(c2ccc(C(=O)NCCOCCNC(=O)c3ccc(C4(C)N=N4)cc3)cc2)C=N1. The van der Waals surface area contributed by atoms with E-state index in [0.29, 0.717) is 37.4 Å². The molecule has 0 saturated heterocycles. The van der Waals surface area contributed by atoms with E-state index in [-0.39, 0.29) is 17.4 Å². The normalized spacial score (nSPS) is 19.7. The Bertz CT molecular complexity index is 933. The lowest BCUT2D eigenvalue weighted by Gasteiger charge is -2.10. The Morgan fingerprint density at radius 1 is 0.806 bits per heavy atom. The summed E-state index contributed by atoms with van der Waals surface area (Å²) in [4.78, 5) is 28.6. The molecule has 2 N–H and O–H groups in total. The molecule has 0 saturated carbocycles. The number of hydrogen-bond acceptors (Lipinski definition) is 6. The zero-order chi connectivity index (χ0) is 21.9. The number of amides is 2. The van der Waals surface area contributed by atoms with E-state index in [9.17, 15) is 9.59 Å². The summed E-state index contributed by atoms with van der Waals surface area (Å²) in [6.07, 6.45) is 1.89. The first kappa shape index (κ1) is 20.9. The highest BCUT2D eigenvalue weighted by Crippen LogP contribution is 2.38. The number of aliphatic imine (C=N–C) groups is 1. The van der Waals surface area contributed by atoms with E-state index in [1.54, 1.807) is 24.3 Å². The van der Waals surface area contributed by atoms with Crippen LogP contribution in [0.5, 0.6) is 0 Å². The standard InChI is InChI=1S/C23H25N5O3/c1-22(15-26-22)18-7-3-16(4-8-18)20(29)24-11-13-31-14-12-25-21(30)17-5-9-19(10-6-17)23(2)27-28-23/h3-10,15H,11-14H2,1-2H3,(H,24,29)(H,25,30). The predicted octanol–water partition coefficient (Wildman–Crippen LogP) is 2.80. The van der Waals surface area contributed by atoms with Gasteiger partial charge in [-0.2, -0.15) is 10.2 Å². The van der Waals surface area contributed by atoms with Crippen LogP contribution in [-0.4, -0.2) is 44.3 Å². The van der Waals surface area contributed by atoms with Crippen molar-refractivity contribution in [3.05, 3.63) is 70.8 Å². The second kappa shape index (κ2) is 8.39. The van der Waals surface area contributed by atoms with Crippen LogP contribution in [0.2, 0.25) is 0 Å². The minimum atomic E-state index is -0.439. The maximum Gasteiger partial charge on any atom is 0.251 e. The van der Waals surface area contributed by atoms with Crippen molar-refractivity contribution >= 4 is 18.0 Å². The molecule has 0 radical (unpaired) electrons. The van der Waals surface area contributed by atoms with Crippen LogP contribution in [0.3, 0.4) is 0 Å². The quantitative estimate of drug-likeness (QED) is 0.579. The van der Waals surface area contributed by atoms with Crippen LogP contribution in [-0.2, 0) is 15.9 Å².